The first kappa shape index (κ1) is 17.2. The van der Waals surface area contributed by atoms with Gasteiger partial charge in [-0.25, -0.2) is 4.79 Å². The van der Waals surface area contributed by atoms with E-state index in [4.69, 9.17) is 9.47 Å². The number of alkyl carbamates (subject to hydrolysis) is 1. The van der Waals surface area contributed by atoms with Crippen LogP contribution >= 0.6 is 0 Å². The predicted molar refractivity (Wildman–Crippen MR) is 79.9 cm³/mol. The van der Waals surface area contributed by atoms with Gasteiger partial charge in [-0.15, -0.1) is 0 Å². The lowest BCUT2D eigenvalue weighted by molar-refractivity contribution is 0.0487. The number of carbonyl (C=O) groups is 1. The summed E-state index contributed by atoms with van der Waals surface area (Å²) in [5, 5.41) is 6.53. The summed E-state index contributed by atoms with van der Waals surface area (Å²) >= 11 is 0. The third kappa shape index (κ3) is 7.10. The van der Waals surface area contributed by atoms with E-state index in [1.54, 1.807) is 7.11 Å². The normalized spacial score (nSPS) is 25.1. The summed E-state index contributed by atoms with van der Waals surface area (Å²) < 4.78 is 10.4. The Morgan fingerprint density at radius 1 is 1.30 bits per heavy atom. The molecule has 0 aromatic heterocycles. The first-order valence-electron chi connectivity index (χ1n) is 7.54. The molecule has 0 aliphatic heterocycles. The van der Waals surface area contributed by atoms with E-state index in [0.29, 0.717) is 18.7 Å². The standard InChI is InChI=1S/C15H30N2O3/c1-11(10-19-5)16-12-7-6-8-13(9-12)17-14(18)20-15(2,3)4/h11-13,16H,6-10H2,1-5H3,(H,17,18). The van der Waals surface area contributed by atoms with Crippen molar-refractivity contribution in [2.45, 2.75) is 77.1 Å². The number of hydrogen-bond acceptors (Lipinski definition) is 4. The van der Waals surface area contributed by atoms with Gasteiger partial charge in [0, 0.05) is 25.2 Å². The zero-order valence-corrected chi connectivity index (χ0v) is 13.5. The molecule has 1 aliphatic carbocycles. The second-order valence-electron chi connectivity index (χ2n) is 6.73. The van der Waals surface area contributed by atoms with Crippen LogP contribution in [0.15, 0.2) is 0 Å². The molecule has 0 spiro atoms. The Morgan fingerprint density at radius 2 is 1.95 bits per heavy atom. The maximum Gasteiger partial charge on any atom is 0.407 e. The van der Waals surface area contributed by atoms with Crippen LogP contribution in [0.25, 0.3) is 0 Å². The number of methoxy groups -OCH3 is 1. The zero-order chi connectivity index (χ0) is 15.2. The van der Waals surface area contributed by atoms with Crippen LogP contribution in [0, 0.1) is 0 Å². The topological polar surface area (TPSA) is 59.6 Å². The monoisotopic (exact) mass is 286 g/mol. The molecule has 0 saturated heterocycles. The first-order valence-corrected chi connectivity index (χ1v) is 7.54. The molecule has 3 unspecified atom stereocenters. The summed E-state index contributed by atoms with van der Waals surface area (Å²) in [5.41, 5.74) is -0.441. The Labute approximate surface area is 122 Å². The molecule has 0 bridgehead atoms. The molecular weight excluding hydrogens is 256 g/mol. The highest BCUT2D eigenvalue weighted by molar-refractivity contribution is 5.68. The molecule has 1 saturated carbocycles. The molecule has 1 amide bonds. The van der Waals surface area contributed by atoms with Crippen molar-refractivity contribution in [1.82, 2.24) is 10.6 Å². The summed E-state index contributed by atoms with van der Waals surface area (Å²) in [6, 6.07) is 0.977. The zero-order valence-electron chi connectivity index (χ0n) is 13.5. The van der Waals surface area contributed by atoms with Gasteiger partial charge in [-0.2, -0.15) is 0 Å². The minimum atomic E-state index is -0.441. The molecule has 0 aromatic rings. The average Bonchev–Trinajstić information content (AvgIpc) is 2.26. The first-order chi connectivity index (χ1) is 9.30. The Morgan fingerprint density at radius 3 is 2.55 bits per heavy atom. The maximum absolute atomic E-state index is 11.8. The molecule has 20 heavy (non-hydrogen) atoms. The van der Waals surface area contributed by atoms with Crippen LogP contribution in [-0.2, 0) is 9.47 Å². The summed E-state index contributed by atoms with van der Waals surface area (Å²) in [6.07, 6.45) is 3.94. The van der Waals surface area contributed by atoms with Crippen LogP contribution < -0.4 is 10.6 Å². The quantitative estimate of drug-likeness (QED) is 0.815. The van der Waals surface area contributed by atoms with Crippen LogP contribution in [0.4, 0.5) is 4.79 Å². The van der Waals surface area contributed by atoms with Crippen molar-refractivity contribution in [2.24, 2.45) is 0 Å². The highest BCUT2D eigenvalue weighted by Crippen LogP contribution is 2.19. The minimum absolute atomic E-state index is 0.200. The Kier molecular flexibility index (Phi) is 6.76. The molecule has 1 aliphatic rings. The summed E-state index contributed by atoms with van der Waals surface area (Å²) in [5.74, 6) is 0. The van der Waals surface area contributed by atoms with Gasteiger partial charge in [0.1, 0.15) is 5.60 Å². The van der Waals surface area contributed by atoms with Crippen molar-refractivity contribution in [3.63, 3.8) is 0 Å². The van der Waals surface area contributed by atoms with Crippen molar-refractivity contribution in [2.75, 3.05) is 13.7 Å². The molecule has 118 valence electrons. The lowest BCUT2D eigenvalue weighted by Crippen LogP contribution is -2.48. The number of hydrogen-bond donors (Lipinski definition) is 2. The van der Waals surface area contributed by atoms with E-state index in [2.05, 4.69) is 17.6 Å². The van der Waals surface area contributed by atoms with E-state index in [1.165, 1.54) is 0 Å². The lowest BCUT2D eigenvalue weighted by Gasteiger charge is -2.32. The Hall–Kier alpha value is -0.810. The number of rotatable bonds is 5. The molecule has 3 atom stereocenters. The van der Waals surface area contributed by atoms with Gasteiger partial charge in [-0.05, 0) is 53.4 Å². The van der Waals surface area contributed by atoms with Gasteiger partial charge in [-0.1, -0.05) is 0 Å². The van der Waals surface area contributed by atoms with Crippen molar-refractivity contribution < 1.29 is 14.3 Å². The van der Waals surface area contributed by atoms with E-state index in [-0.39, 0.29) is 12.1 Å². The van der Waals surface area contributed by atoms with Gasteiger partial charge in [0.15, 0.2) is 0 Å². The second kappa shape index (κ2) is 7.84. The Bertz CT molecular complexity index is 302. The molecule has 1 fully saturated rings. The van der Waals surface area contributed by atoms with Crippen molar-refractivity contribution in [3.05, 3.63) is 0 Å². The van der Waals surface area contributed by atoms with E-state index in [1.807, 2.05) is 20.8 Å². The predicted octanol–water partition coefficient (Wildman–Crippen LogP) is 2.45. The van der Waals surface area contributed by atoms with E-state index in [9.17, 15) is 4.79 Å². The van der Waals surface area contributed by atoms with Gasteiger partial charge in [0.25, 0.3) is 0 Å². The molecule has 0 aromatic carbocycles. The molecule has 0 heterocycles. The molecule has 5 nitrogen and oxygen atoms in total. The molecule has 5 heteroatoms. The minimum Gasteiger partial charge on any atom is -0.444 e. The van der Waals surface area contributed by atoms with E-state index in [0.717, 1.165) is 25.7 Å². The third-order valence-electron chi connectivity index (χ3n) is 3.33. The molecule has 0 radical (unpaired) electrons. The van der Waals surface area contributed by atoms with Gasteiger partial charge < -0.3 is 20.1 Å². The number of nitrogens with one attached hydrogen (secondary N) is 2. The summed E-state index contributed by atoms with van der Waals surface area (Å²) in [4.78, 5) is 11.8. The SMILES string of the molecule is COCC(C)NC1CCCC(NC(=O)OC(C)(C)C)C1. The van der Waals surface area contributed by atoms with Gasteiger partial charge in [0.2, 0.25) is 0 Å². The van der Waals surface area contributed by atoms with Crippen molar-refractivity contribution >= 4 is 6.09 Å². The molecule has 2 N–H and O–H groups in total. The van der Waals surface area contributed by atoms with Crippen LogP contribution in [0.3, 0.4) is 0 Å². The smallest absolute Gasteiger partial charge is 0.407 e. The van der Waals surface area contributed by atoms with Crippen LogP contribution in [0.5, 0.6) is 0 Å². The fourth-order valence-corrected chi connectivity index (χ4v) is 2.65. The molecule has 1 rings (SSSR count). The number of ether oxygens (including phenoxy) is 2. The number of amides is 1. The van der Waals surface area contributed by atoms with Crippen molar-refractivity contribution in [3.8, 4) is 0 Å². The van der Waals surface area contributed by atoms with Crippen LogP contribution in [0.1, 0.15) is 53.4 Å². The van der Waals surface area contributed by atoms with Gasteiger partial charge in [-0.3, -0.25) is 0 Å². The van der Waals surface area contributed by atoms with E-state index >= 15 is 0 Å². The van der Waals surface area contributed by atoms with Crippen LogP contribution in [-0.4, -0.2) is 43.5 Å². The summed E-state index contributed by atoms with van der Waals surface area (Å²) in [6.45, 7) is 8.47. The van der Waals surface area contributed by atoms with E-state index < -0.39 is 5.60 Å². The molecular formula is C15H30N2O3. The largest absolute Gasteiger partial charge is 0.444 e. The van der Waals surface area contributed by atoms with Gasteiger partial charge in [0.05, 0.1) is 6.61 Å². The lowest BCUT2D eigenvalue weighted by atomic mass is 9.90. The average molecular weight is 286 g/mol. The second-order valence-corrected chi connectivity index (χ2v) is 6.73. The van der Waals surface area contributed by atoms with Crippen molar-refractivity contribution in [1.29, 1.82) is 0 Å². The summed E-state index contributed by atoms with van der Waals surface area (Å²) in [7, 11) is 1.71. The highest BCUT2D eigenvalue weighted by Gasteiger charge is 2.26. The third-order valence-corrected chi connectivity index (χ3v) is 3.33. The van der Waals surface area contributed by atoms with Gasteiger partial charge >= 0.3 is 6.09 Å². The fourth-order valence-electron chi connectivity index (χ4n) is 2.65. The fraction of sp³-hybridized carbons (Fsp3) is 0.933. The highest BCUT2D eigenvalue weighted by atomic mass is 16.6. The number of carbonyl (C=O) groups excluding carboxylic acids is 1. The Balaban J connectivity index is 2.35. The maximum atomic E-state index is 11.8. The van der Waals surface area contributed by atoms with Crippen LogP contribution in [0.2, 0.25) is 0 Å².